The van der Waals surface area contributed by atoms with E-state index < -0.39 is 0 Å². The molecule has 0 radical (unpaired) electrons. The molecule has 3 aromatic heterocycles. The lowest BCUT2D eigenvalue weighted by Crippen LogP contribution is -2.09. The number of anilines is 3. The Bertz CT molecular complexity index is 3560. The maximum absolute atomic E-state index is 14.7. The van der Waals surface area contributed by atoms with Gasteiger partial charge in [0.15, 0.2) is 0 Å². The largest absolute Gasteiger partial charge is 0.455 e. The SMILES string of the molecule is Fc1cccc2sc3cc(-c4ccc5c(c4)oc4c(-c6ccc7sc8c(N(c9ccccc9)c9ccc%10ccccc%10c9)cccc8c7c6)cccc45)ccc3c12. The summed E-state index contributed by atoms with van der Waals surface area (Å²) in [6.07, 6.45) is 0. The normalized spacial score (nSPS) is 11.9. The summed E-state index contributed by atoms with van der Waals surface area (Å²) in [6, 6.07) is 63.9. The van der Waals surface area contributed by atoms with Crippen LogP contribution in [0.15, 0.2) is 186 Å². The molecule has 0 saturated heterocycles. The number of thiophene rings is 2. The number of furan rings is 1. The third-order valence-corrected chi connectivity index (χ3v) is 13.6. The molecular formula is C52H30FNOS2. The van der Waals surface area contributed by atoms with E-state index in [1.54, 1.807) is 17.4 Å². The summed E-state index contributed by atoms with van der Waals surface area (Å²) < 4.78 is 26.0. The molecule has 2 nitrogen and oxygen atoms in total. The molecule has 5 heteroatoms. The molecule has 268 valence electrons. The van der Waals surface area contributed by atoms with E-state index in [4.69, 9.17) is 4.42 Å². The van der Waals surface area contributed by atoms with Crippen LogP contribution in [-0.4, -0.2) is 0 Å². The lowest BCUT2D eigenvalue weighted by Gasteiger charge is -2.26. The fourth-order valence-corrected chi connectivity index (χ4v) is 11.0. The van der Waals surface area contributed by atoms with Crippen LogP contribution in [0.3, 0.4) is 0 Å². The highest BCUT2D eigenvalue weighted by Gasteiger charge is 2.20. The summed E-state index contributed by atoms with van der Waals surface area (Å²) >= 11 is 3.47. The minimum Gasteiger partial charge on any atom is -0.455 e. The first-order valence-electron chi connectivity index (χ1n) is 19.0. The molecule has 57 heavy (non-hydrogen) atoms. The Kier molecular flexibility index (Phi) is 7.18. The summed E-state index contributed by atoms with van der Waals surface area (Å²) in [5.74, 6) is -0.172. The van der Waals surface area contributed by atoms with E-state index in [-0.39, 0.29) is 5.82 Å². The second-order valence-corrected chi connectivity index (χ2v) is 16.7. The molecule has 0 unspecified atom stereocenters. The first-order chi connectivity index (χ1) is 28.1. The number of rotatable bonds is 5. The standard InChI is InChI=1S/C52H30FNOS2/c53-44-16-8-18-48-50(44)42-25-21-34(30-49(42)56-48)33-20-24-39-40-14-6-13-38(51(40)55-46(39)29-33)35-22-26-47-43(28-35)41-15-7-17-45(52(41)57-47)54(36-11-2-1-3-12-36)37-23-19-31-9-4-5-10-32(31)27-37/h1-30H. The molecular weight excluding hydrogens is 738 g/mol. The van der Waals surface area contributed by atoms with E-state index in [1.807, 2.05) is 23.5 Å². The predicted molar refractivity (Wildman–Crippen MR) is 243 cm³/mol. The van der Waals surface area contributed by atoms with Crippen molar-refractivity contribution in [2.45, 2.75) is 0 Å². The van der Waals surface area contributed by atoms with Crippen molar-refractivity contribution in [3.05, 3.63) is 188 Å². The van der Waals surface area contributed by atoms with Crippen LogP contribution in [-0.2, 0) is 0 Å². The molecule has 0 bridgehead atoms. The van der Waals surface area contributed by atoms with E-state index in [0.717, 1.165) is 76.0 Å². The zero-order valence-corrected chi connectivity index (χ0v) is 32.0. The highest BCUT2D eigenvalue weighted by atomic mass is 32.1. The molecule has 0 N–H and O–H groups in total. The van der Waals surface area contributed by atoms with Crippen molar-refractivity contribution in [3.8, 4) is 22.3 Å². The second kappa shape index (κ2) is 12.6. The van der Waals surface area contributed by atoms with E-state index in [2.05, 4.69) is 163 Å². The Balaban J connectivity index is 0.968. The lowest BCUT2D eigenvalue weighted by atomic mass is 9.99. The summed E-state index contributed by atoms with van der Waals surface area (Å²) in [7, 11) is 0. The number of hydrogen-bond acceptors (Lipinski definition) is 4. The molecule has 3 heterocycles. The van der Waals surface area contributed by atoms with Gasteiger partial charge in [-0.2, -0.15) is 0 Å². The summed E-state index contributed by atoms with van der Waals surface area (Å²) in [6.45, 7) is 0. The Morgan fingerprint density at radius 3 is 2.12 bits per heavy atom. The van der Waals surface area contributed by atoms with Gasteiger partial charge in [-0.1, -0.05) is 109 Å². The van der Waals surface area contributed by atoms with E-state index in [0.29, 0.717) is 5.39 Å². The molecule has 12 rings (SSSR count). The van der Waals surface area contributed by atoms with Crippen LogP contribution < -0.4 is 4.90 Å². The first kappa shape index (κ1) is 32.5. The predicted octanol–water partition coefficient (Wildman–Crippen LogP) is 16.4. The van der Waals surface area contributed by atoms with E-state index in [9.17, 15) is 4.39 Å². The molecule has 9 aromatic carbocycles. The molecule has 0 amide bonds. The minimum absolute atomic E-state index is 0.172. The van der Waals surface area contributed by atoms with Gasteiger partial charge in [0, 0.05) is 63.4 Å². The van der Waals surface area contributed by atoms with Gasteiger partial charge < -0.3 is 9.32 Å². The molecule has 12 aromatic rings. The van der Waals surface area contributed by atoms with Crippen molar-refractivity contribution in [2.75, 3.05) is 4.90 Å². The maximum atomic E-state index is 14.7. The highest BCUT2D eigenvalue weighted by molar-refractivity contribution is 7.26. The van der Waals surface area contributed by atoms with Crippen molar-refractivity contribution in [2.24, 2.45) is 0 Å². The first-order valence-corrected chi connectivity index (χ1v) is 20.6. The Labute approximate surface area is 334 Å². The fourth-order valence-electron chi connectivity index (χ4n) is 8.61. The van der Waals surface area contributed by atoms with Crippen molar-refractivity contribution in [1.29, 1.82) is 0 Å². The monoisotopic (exact) mass is 767 g/mol. The van der Waals surface area contributed by atoms with Gasteiger partial charge in [-0.3, -0.25) is 0 Å². The van der Waals surface area contributed by atoms with Crippen molar-refractivity contribution in [1.82, 2.24) is 0 Å². The van der Waals surface area contributed by atoms with Crippen LogP contribution in [0.5, 0.6) is 0 Å². The topological polar surface area (TPSA) is 16.4 Å². The van der Waals surface area contributed by atoms with E-state index in [1.165, 1.54) is 37.0 Å². The quantitative estimate of drug-likeness (QED) is 0.173. The van der Waals surface area contributed by atoms with Crippen LogP contribution in [0.25, 0.3) is 95.3 Å². The third-order valence-electron chi connectivity index (χ3n) is 11.3. The number of benzene rings is 9. The molecule has 0 saturated carbocycles. The van der Waals surface area contributed by atoms with Crippen molar-refractivity contribution < 1.29 is 8.81 Å². The number of hydrogen-bond donors (Lipinski definition) is 0. The lowest BCUT2D eigenvalue weighted by molar-refractivity contribution is 0.641. The highest BCUT2D eigenvalue weighted by Crippen LogP contribution is 2.47. The average molecular weight is 768 g/mol. The van der Waals surface area contributed by atoms with Crippen molar-refractivity contribution >= 4 is 113 Å². The Morgan fingerprint density at radius 2 is 1.21 bits per heavy atom. The Hall–Kier alpha value is -6.79. The minimum atomic E-state index is -0.172. The van der Waals surface area contributed by atoms with Crippen LogP contribution in [0.2, 0.25) is 0 Å². The molecule has 0 atom stereocenters. The van der Waals surface area contributed by atoms with Crippen molar-refractivity contribution in [3.63, 3.8) is 0 Å². The van der Waals surface area contributed by atoms with E-state index >= 15 is 0 Å². The summed E-state index contributed by atoms with van der Waals surface area (Å²) in [5, 5.41) is 8.74. The van der Waals surface area contributed by atoms with Crippen LogP contribution in [0, 0.1) is 5.82 Å². The molecule has 0 aliphatic heterocycles. The number of halogens is 1. The molecule has 0 fully saturated rings. The Morgan fingerprint density at radius 1 is 0.439 bits per heavy atom. The number of fused-ring (bicyclic) bond motifs is 10. The van der Waals surface area contributed by atoms with Gasteiger partial charge in [-0.05, 0) is 100 Å². The zero-order valence-electron chi connectivity index (χ0n) is 30.4. The molecule has 0 aliphatic carbocycles. The third kappa shape index (κ3) is 5.13. The second-order valence-electron chi connectivity index (χ2n) is 14.6. The fraction of sp³-hybridized carbons (Fsp3) is 0. The number of nitrogens with zero attached hydrogens (tertiary/aromatic N) is 1. The van der Waals surface area contributed by atoms with Gasteiger partial charge in [0.05, 0.1) is 10.4 Å². The van der Waals surface area contributed by atoms with Gasteiger partial charge in [-0.15, -0.1) is 22.7 Å². The zero-order chi connectivity index (χ0) is 37.6. The molecule has 0 spiro atoms. The van der Waals surface area contributed by atoms with Crippen LogP contribution in [0.4, 0.5) is 21.5 Å². The summed E-state index contributed by atoms with van der Waals surface area (Å²) in [5.41, 5.74) is 9.47. The van der Waals surface area contributed by atoms with Gasteiger partial charge in [0.25, 0.3) is 0 Å². The van der Waals surface area contributed by atoms with Crippen LogP contribution in [0.1, 0.15) is 0 Å². The van der Waals surface area contributed by atoms with Gasteiger partial charge in [0.2, 0.25) is 0 Å². The van der Waals surface area contributed by atoms with Gasteiger partial charge >= 0.3 is 0 Å². The summed E-state index contributed by atoms with van der Waals surface area (Å²) in [4.78, 5) is 2.38. The smallest absolute Gasteiger partial charge is 0.143 e. The number of para-hydroxylation sites is 2. The maximum Gasteiger partial charge on any atom is 0.143 e. The molecule has 0 aliphatic rings. The van der Waals surface area contributed by atoms with Gasteiger partial charge in [-0.25, -0.2) is 4.39 Å². The van der Waals surface area contributed by atoms with Gasteiger partial charge in [0.1, 0.15) is 17.0 Å². The van der Waals surface area contributed by atoms with Crippen LogP contribution >= 0.6 is 22.7 Å². The average Bonchev–Trinajstić information content (AvgIpc) is 3.95.